The second-order valence-electron chi connectivity index (χ2n) is 5.82. The summed E-state index contributed by atoms with van der Waals surface area (Å²) in [7, 11) is 1.71. The number of guanidine groups is 1. The molecule has 0 unspecified atom stereocenters. The molecule has 0 aromatic heterocycles. The highest BCUT2D eigenvalue weighted by molar-refractivity contribution is 14.0. The Hall–Kier alpha value is -0.820. The number of aliphatic imine (C=N–C) groups is 1. The van der Waals surface area contributed by atoms with Crippen LogP contribution in [0.1, 0.15) is 38.8 Å². The van der Waals surface area contributed by atoms with Crippen LogP contribution in [0.25, 0.3) is 0 Å². The van der Waals surface area contributed by atoms with E-state index in [4.69, 9.17) is 4.74 Å². The predicted molar refractivity (Wildman–Crippen MR) is 100 cm³/mol. The molecule has 0 aliphatic carbocycles. The van der Waals surface area contributed by atoms with Crippen LogP contribution in [0.2, 0.25) is 0 Å². The second-order valence-corrected chi connectivity index (χ2v) is 5.82. The van der Waals surface area contributed by atoms with E-state index in [2.05, 4.69) is 67.6 Å². The highest BCUT2D eigenvalue weighted by Gasteiger charge is 2.11. The Labute approximate surface area is 145 Å². The molecule has 0 saturated carbocycles. The summed E-state index contributed by atoms with van der Waals surface area (Å²) in [5, 5.41) is 6.64. The average molecular weight is 405 g/mol. The molecule has 0 atom stereocenters. The SMILES string of the molecule is CCNC(=NCc1ccc(COC)cc1)NC(C)(C)C.I. The minimum Gasteiger partial charge on any atom is -0.380 e. The molecular formula is C16H28IN3O. The molecule has 2 N–H and O–H groups in total. The van der Waals surface area contributed by atoms with Gasteiger partial charge in [0.1, 0.15) is 0 Å². The van der Waals surface area contributed by atoms with Crippen molar-refractivity contribution in [3.05, 3.63) is 35.4 Å². The fraction of sp³-hybridized carbons (Fsp3) is 0.562. The molecule has 0 aliphatic heterocycles. The van der Waals surface area contributed by atoms with Crippen molar-refractivity contribution < 1.29 is 4.74 Å². The minimum atomic E-state index is 0. The molecule has 0 amide bonds. The predicted octanol–water partition coefficient (Wildman–Crippen LogP) is 3.30. The Kier molecular flexibility index (Phi) is 9.61. The third-order valence-electron chi connectivity index (χ3n) is 2.59. The van der Waals surface area contributed by atoms with Crippen LogP contribution in [0.4, 0.5) is 0 Å². The Bertz CT molecular complexity index is 424. The highest BCUT2D eigenvalue weighted by atomic mass is 127. The minimum absolute atomic E-state index is 0. The quantitative estimate of drug-likeness (QED) is 0.449. The second kappa shape index (κ2) is 10.00. The van der Waals surface area contributed by atoms with Crippen LogP contribution in [-0.2, 0) is 17.9 Å². The number of benzene rings is 1. The van der Waals surface area contributed by atoms with Gasteiger partial charge in [0.25, 0.3) is 0 Å². The highest BCUT2D eigenvalue weighted by Crippen LogP contribution is 2.07. The van der Waals surface area contributed by atoms with E-state index in [0.29, 0.717) is 13.2 Å². The summed E-state index contributed by atoms with van der Waals surface area (Å²) >= 11 is 0. The summed E-state index contributed by atoms with van der Waals surface area (Å²) in [6, 6.07) is 8.36. The fourth-order valence-electron chi connectivity index (χ4n) is 1.74. The summed E-state index contributed by atoms with van der Waals surface area (Å²) in [5.74, 6) is 0.848. The molecule has 0 saturated heterocycles. The van der Waals surface area contributed by atoms with E-state index < -0.39 is 0 Å². The maximum Gasteiger partial charge on any atom is 0.191 e. The van der Waals surface area contributed by atoms with Gasteiger partial charge in [0.2, 0.25) is 0 Å². The zero-order valence-electron chi connectivity index (χ0n) is 13.7. The number of rotatable bonds is 5. The van der Waals surface area contributed by atoms with Gasteiger partial charge >= 0.3 is 0 Å². The average Bonchev–Trinajstić information content (AvgIpc) is 2.36. The lowest BCUT2D eigenvalue weighted by molar-refractivity contribution is 0.185. The number of hydrogen-bond acceptors (Lipinski definition) is 2. The van der Waals surface area contributed by atoms with Crippen LogP contribution in [0.5, 0.6) is 0 Å². The first-order valence-corrected chi connectivity index (χ1v) is 7.08. The Morgan fingerprint density at radius 3 is 2.19 bits per heavy atom. The van der Waals surface area contributed by atoms with E-state index in [-0.39, 0.29) is 29.5 Å². The van der Waals surface area contributed by atoms with E-state index in [9.17, 15) is 0 Å². The van der Waals surface area contributed by atoms with Crippen LogP contribution >= 0.6 is 24.0 Å². The molecule has 120 valence electrons. The van der Waals surface area contributed by atoms with Crippen molar-refractivity contribution in [1.29, 1.82) is 0 Å². The molecule has 4 nitrogen and oxygen atoms in total. The first-order chi connectivity index (χ1) is 9.44. The lowest BCUT2D eigenvalue weighted by atomic mass is 10.1. The van der Waals surface area contributed by atoms with Crippen molar-refractivity contribution in [3.8, 4) is 0 Å². The van der Waals surface area contributed by atoms with E-state index in [1.165, 1.54) is 11.1 Å². The van der Waals surface area contributed by atoms with Crippen molar-refractivity contribution in [2.24, 2.45) is 4.99 Å². The van der Waals surface area contributed by atoms with E-state index in [1.807, 2.05) is 0 Å². The van der Waals surface area contributed by atoms with E-state index in [1.54, 1.807) is 7.11 Å². The van der Waals surface area contributed by atoms with Gasteiger partial charge in [0.15, 0.2) is 5.96 Å². The Morgan fingerprint density at radius 2 is 1.71 bits per heavy atom. The van der Waals surface area contributed by atoms with Crippen molar-refractivity contribution in [2.45, 2.75) is 46.4 Å². The number of hydrogen-bond donors (Lipinski definition) is 2. The van der Waals surface area contributed by atoms with Crippen LogP contribution in [0, 0.1) is 0 Å². The molecule has 1 rings (SSSR count). The van der Waals surface area contributed by atoms with Gasteiger partial charge in [-0.25, -0.2) is 4.99 Å². The van der Waals surface area contributed by atoms with Crippen molar-refractivity contribution in [2.75, 3.05) is 13.7 Å². The van der Waals surface area contributed by atoms with Crippen LogP contribution in [0.15, 0.2) is 29.3 Å². The smallest absolute Gasteiger partial charge is 0.191 e. The summed E-state index contributed by atoms with van der Waals surface area (Å²) in [6.45, 7) is 10.6. The van der Waals surface area contributed by atoms with Gasteiger partial charge in [-0.05, 0) is 38.8 Å². The summed E-state index contributed by atoms with van der Waals surface area (Å²) in [6.07, 6.45) is 0. The van der Waals surface area contributed by atoms with Crippen molar-refractivity contribution in [1.82, 2.24) is 10.6 Å². The maximum atomic E-state index is 5.11. The number of methoxy groups -OCH3 is 1. The van der Waals surface area contributed by atoms with Gasteiger partial charge in [-0.3, -0.25) is 0 Å². The van der Waals surface area contributed by atoms with Gasteiger partial charge in [0, 0.05) is 19.2 Å². The molecule has 1 aromatic carbocycles. The number of ether oxygens (including phenoxy) is 1. The van der Waals surface area contributed by atoms with Crippen molar-refractivity contribution >= 4 is 29.9 Å². The van der Waals surface area contributed by atoms with E-state index in [0.717, 1.165) is 12.5 Å². The number of nitrogens with one attached hydrogen (secondary N) is 2. The van der Waals surface area contributed by atoms with Gasteiger partial charge in [-0.1, -0.05) is 24.3 Å². The lowest BCUT2D eigenvalue weighted by Gasteiger charge is -2.23. The molecule has 0 radical (unpaired) electrons. The first-order valence-electron chi connectivity index (χ1n) is 7.08. The molecule has 0 spiro atoms. The zero-order valence-corrected chi connectivity index (χ0v) is 16.0. The standard InChI is InChI=1S/C16H27N3O.HI/c1-6-17-15(19-16(2,3)4)18-11-13-7-9-14(10-8-13)12-20-5;/h7-10H,6,11-12H2,1-5H3,(H2,17,18,19);1H. The first kappa shape index (κ1) is 20.2. The van der Waals surface area contributed by atoms with Crippen molar-refractivity contribution in [3.63, 3.8) is 0 Å². The molecule has 5 heteroatoms. The molecule has 0 fully saturated rings. The summed E-state index contributed by atoms with van der Waals surface area (Å²) in [5.41, 5.74) is 2.37. The Balaban J connectivity index is 0.00000400. The monoisotopic (exact) mass is 405 g/mol. The maximum absolute atomic E-state index is 5.11. The summed E-state index contributed by atoms with van der Waals surface area (Å²) in [4.78, 5) is 4.61. The Morgan fingerprint density at radius 1 is 1.14 bits per heavy atom. The van der Waals surface area contributed by atoms with Gasteiger partial charge in [-0.15, -0.1) is 24.0 Å². The van der Waals surface area contributed by atoms with Gasteiger partial charge in [-0.2, -0.15) is 0 Å². The van der Waals surface area contributed by atoms with Gasteiger partial charge in [0.05, 0.1) is 13.2 Å². The molecule has 0 aliphatic rings. The van der Waals surface area contributed by atoms with Crippen LogP contribution in [-0.4, -0.2) is 25.2 Å². The number of halogens is 1. The third kappa shape index (κ3) is 8.93. The number of nitrogens with zero attached hydrogens (tertiary/aromatic N) is 1. The lowest BCUT2D eigenvalue weighted by Crippen LogP contribution is -2.47. The van der Waals surface area contributed by atoms with Gasteiger partial charge < -0.3 is 15.4 Å². The van der Waals surface area contributed by atoms with Crippen LogP contribution in [0.3, 0.4) is 0 Å². The topological polar surface area (TPSA) is 45.7 Å². The molecular weight excluding hydrogens is 377 g/mol. The third-order valence-corrected chi connectivity index (χ3v) is 2.59. The fourth-order valence-corrected chi connectivity index (χ4v) is 1.74. The molecule has 21 heavy (non-hydrogen) atoms. The summed E-state index contributed by atoms with van der Waals surface area (Å²) < 4.78 is 5.11. The molecule has 1 aromatic rings. The largest absolute Gasteiger partial charge is 0.380 e. The molecule has 0 bridgehead atoms. The normalized spacial score (nSPS) is 11.8. The van der Waals surface area contributed by atoms with Crippen LogP contribution < -0.4 is 10.6 Å². The zero-order chi connectivity index (χ0) is 15.0. The molecule has 0 heterocycles. The van der Waals surface area contributed by atoms with E-state index >= 15 is 0 Å².